The topological polar surface area (TPSA) is 113 Å². The van der Waals surface area contributed by atoms with Crippen molar-refractivity contribution >= 4 is 17.6 Å². The Morgan fingerprint density at radius 2 is 2.09 bits per heavy atom. The molecule has 1 amide bonds. The van der Waals surface area contributed by atoms with E-state index in [1.165, 1.54) is 17.1 Å². The summed E-state index contributed by atoms with van der Waals surface area (Å²) in [6.07, 6.45) is 5.90. The molecule has 0 bridgehead atoms. The van der Waals surface area contributed by atoms with Crippen LogP contribution in [0.25, 0.3) is 5.69 Å². The lowest BCUT2D eigenvalue weighted by atomic mass is 10.1. The second-order valence-corrected chi connectivity index (χ2v) is 8.31. The first-order chi connectivity index (χ1) is 15.2. The molecule has 0 radical (unpaired) electrons. The number of rotatable bonds is 6. The summed E-state index contributed by atoms with van der Waals surface area (Å²) in [5, 5.41) is 12.1. The number of anilines is 1. The SMILES string of the molecule is Cc1cc(F)c(C(=O)Nc2cccc(C(=N)N(N)C(C)C)n2)cc1-n1cnc(C2CC2)c1. The summed E-state index contributed by atoms with van der Waals surface area (Å²) >= 11 is 0. The number of aromatic nitrogens is 3. The zero-order valence-corrected chi connectivity index (χ0v) is 18.3. The number of nitrogens with one attached hydrogen (secondary N) is 2. The van der Waals surface area contributed by atoms with Gasteiger partial charge in [-0.2, -0.15) is 0 Å². The van der Waals surface area contributed by atoms with Gasteiger partial charge in [0.05, 0.1) is 23.3 Å². The molecule has 2 heterocycles. The third-order valence-electron chi connectivity index (χ3n) is 5.45. The highest BCUT2D eigenvalue weighted by molar-refractivity contribution is 6.04. The lowest BCUT2D eigenvalue weighted by Gasteiger charge is -2.23. The van der Waals surface area contributed by atoms with Gasteiger partial charge in [0.25, 0.3) is 5.91 Å². The van der Waals surface area contributed by atoms with E-state index in [1.54, 1.807) is 31.5 Å². The quantitative estimate of drug-likeness (QED) is 0.236. The molecule has 1 aromatic carbocycles. The predicted octanol–water partition coefficient (Wildman–Crippen LogP) is 3.75. The molecule has 0 unspecified atom stereocenters. The summed E-state index contributed by atoms with van der Waals surface area (Å²) in [6, 6.07) is 7.63. The molecule has 4 N–H and O–H groups in total. The van der Waals surface area contributed by atoms with Crippen molar-refractivity contribution in [2.45, 2.75) is 45.6 Å². The van der Waals surface area contributed by atoms with Gasteiger partial charge in [0.15, 0.2) is 5.84 Å². The molecular formula is C23H26FN7O. The number of nitrogens with two attached hydrogens (primary N) is 1. The number of hydrogen-bond acceptors (Lipinski definition) is 5. The Bertz CT molecular complexity index is 1180. The number of aryl methyl sites for hydroxylation is 1. The molecule has 0 aliphatic heterocycles. The second-order valence-electron chi connectivity index (χ2n) is 8.31. The van der Waals surface area contributed by atoms with E-state index in [4.69, 9.17) is 11.3 Å². The first-order valence-electron chi connectivity index (χ1n) is 10.5. The number of amidine groups is 1. The van der Waals surface area contributed by atoms with Crippen molar-refractivity contribution in [3.05, 3.63) is 71.2 Å². The minimum Gasteiger partial charge on any atom is -0.306 e. The Kier molecular flexibility index (Phi) is 5.75. The van der Waals surface area contributed by atoms with Gasteiger partial charge in [0, 0.05) is 18.2 Å². The fourth-order valence-corrected chi connectivity index (χ4v) is 3.38. The van der Waals surface area contributed by atoms with Crippen LogP contribution in [0, 0.1) is 18.2 Å². The Labute approximate surface area is 185 Å². The Hall–Kier alpha value is -3.59. The molecule has 3 aromatic rings. The highest BCUT2D eigenvalue weighted by Crippen LogP contribution is 2.39. The first kappa shape index (κ1) is 21.6. The Morgan fingerprint density at radius 3 is 2.78 bits per heavy atom. The van der Waals surface area contributed by atoms with Gasteiger partial charge < -0.3 is 9.88 Å². The van der Waals surface area contributed by atoms with E-state index in [1.807, 2.05) is 24.6 Å². The molecule has 9 heteroatoms. The van der Waals surface area contributed by atoms with E-state index in [2.05, 4.69) is 15.3 Å². The molecule has 1 saturated carbocycles. The van der Waals surface area contributed by atoms with Crippen molar-refractivity contribution in [2.75, 3.05) is 5.32 Å². The fraction of sp³-hybridized carbons (Fsp3) is 0.304. The molecule has 4 rings (SSSR count). The van der Waals surface area contributed by atoms with E-state index in [0.717, 1.165) is 18.5 Å². The maximum absolute atomic E-state index is 14.7. The third-order valence-corrected chi connectivity index (χ3v) is 5.45. The van der Waals surface area contributed by atoms with Crippen LogP contribution in [0.2, 0.25) is 0 Å². The molecule has 32 heavy (non-hydrogen) atoms. The number of pyridine rings is 1. The van der Waals surface area contributed by atoms with Crippen LogP contribution in [0.5, 0.6) is 0 Å². The number of imidazole rings is 1. The van der Waals surface area contributed by atoms with Crippen LogP contribution in [0.3, 0.4) is 0 Å². The van der Waals surface area contributed by atoms with Gasteiger partial charge in [-0.05, 0) is 63.4 Å². The zero-order chi connectivity index (χ0) is 23.0. The van der Waals surface area contributed by atoms with Gasteiger partial charge in [-0.3, -0.25) is 15.2 Å². The van der Waals surface area contributed by atoms with E-state index in [-0.39, 0.29) is 23.3 Å². The van der Waals surface area contributed by atoms with Crippen LogP contribution in [0.1, 0.15) is 59.9 Å². The van der Waals surface area contributed by atoms with Gasteiger partial charge in [-0.15, -0.1) is 0 Å². The zero-order valence-electron chi connectivity index (χ0n) is 18.3. The maximum Gasteiger partial charge on any atom is 0.259 e. The molecular weight excluding hydrogens is 409 g/mol. The van der Waals surface area contributed by atoms with Crippen molar-refractivity contribution in [3.63, 3.8) is 0 Å². The standard InChI is InChI=1S/C23H26FN7O/c1-13(2)31(26)22(25)18-5-4-6-21(28-18)29-23(32)16-10-20(14(3)9-17(16)24)30-11-19(27-12-30)15-7-8-15/h4-6,9-13,15,25H,7-8,26H2,1-3H3,(H,28,29,32). The van der Waals surface area contributed by atoms with Crippen molar-refractivity contribution in [3.8, 4) is 5.69 Å². The maximum atomic E-state index is 14.7. The van der Waals surface area contributed by atoms with Crippen LogP contribution < -0.4 is 11.2 Å². The van der Waals surface area contributed by atoms with Crippen LogP contribution in [0.4, 0.5) is 10.2 Å². The van der Waals surface area contributed by atoms with Crippen LogP contribution in [-0.4, -0.2) is 37.3 Å². The summed E-state index contributed by atoms with van der Waals surface area (Å²) in [5.74, 6) is 5.36. The number of nitrogens with zero attached hydrogens (tertiary/aromatic N) is 4. The van der Waals surface area contributed by atoms with E-state index < -0.39 is 11.7 Å². The number of halogens is 1. The predicted molar refractivity (Wildman–Crippen MR) is 120 cm³/mol. The van der Waals surface area contributed by atoms with Crippen molar-refractivity contribution < 1.29 is 9.18 Å². The second kappa shape index (κ2) is 8.51. The molecule has 0 atom stereocenters. The normalized spacial score (nSPS) is 13.3. The number of carbonyl (C=O) groups is 1. The lowest BCUT2D eigenvalue weighted by Crippen LogP contribution is -2.43. The average Bonchev–Trinajstić information content (AvgIpc) is 3.50. The average molecular weight is 436 g/mol. The lowest BCUT2D eigenvalue weighted by molar-refractivity contribution is 0.102. The van der Waals surface area contributed by atoms with Crippen LogP contribution in [0.15, 0.2) is 42.9 Å². The fourth-order valence-electron chi connectivity index (χ4n) is 3.38. The molecule has 8 nitrogen and oxygen atoms in total. The van der Waals surface area contributed by atoms with Crippen molar-refractivity contribution in [1.29, 1.82) is 5.41 Å². The third kappa shape index (κ3) is 4.38. The van der Waals surface area contributed by atoms with Gasteiger partial charge in [-0.1, -0.05) is 6.07 Å². The Morgan fingerprint density at radius 1 is 1.34 bits per heavy atom. The van der Waals surface area contributed by atoms with Gasteiger partial charge in [0.2, 0.25) is 0 Å². The molecule has 1 aliphatic carbocycles. The number of amides is 1. The van der Waals surface area contributed by atoms with E-state index in [0.29, 0.717) is 22.9 Å². The van der Waals surface area contributed by atoms with Crippen molar-refractivity contribution in [2.24, 2.45) is 5.84 Å². The summed E-state index contributed by atoms with van der Waals surface area (Å²) in [6.45, 7) is 5.50. The molecule has 0 spiro atoms. The van der Waals surface area contributed by atoms with Gasteiger partial charge >= 0.3 is 0 Å². The first-order valence-corrected chi connectivity index (χ1v) is 10.5. The van der Waals surface area contributed by atoms with Gasteiger partial charge in [0.1, 0.15) is 17.3 Å². The molecule has 2 aromatic heterocycles. The van der Waals surface area contributed by atoms with Crippen molar-refractivity contribution in [1.82, 2.24) is 19.5 Å². The largest absolute Gasteiger partial charge is 0.306 e. The molecule has 1 fully saturated rings. The minimum absolute atomic E-state index is 0.0199. The smallest absolute Gasteiger partial charge is 0.259 e. The van der Waals surface area contributed by atoms with Crippen LogP contribution in [-0.2, 0) is 0 Å². The molecule has 1 aliphatic rings. The van der Waals surface area contributed by atoms with E-state index >= 15 is 0 Å². The molecule has 166 valence electrons. The van der Waals surface area contributed by atoms with Crippen LogP contribution >= 0.6 is 0 Å². The number of hydrazine groups is 1. The summed E-state index contributed by atoms with van der Waals surface area (Å²) in [5.41, 5.74) is 2.60. The minimum atomic E-state index is -0.629. The summed E-state index contributed by atoms with van der Waals surface area (Å²) in [7, 11) is 0. The highest BCUT2D eigenvalue weighted by Gasteiger charge is 2.26. The number of carbonyl (C=O) groups excluding carboxylic acids is 1. The monoisotopic (exact) mass is 435 g/mol. The number of hydrogen-bond donors (Lipinski definition) is 3. The number of benzene rings is 1. The van der Waals surface area contributed by atoms with E-state index in [9.17, 15) is 9.18 Å². The highest BCUT2D eigenvalue weighted by atomic mass is 19.1. The Balaban J connectivity index is 1.58. The summed E-state index contributed by atoms with van der Waals surface area (Å²) < 4.78 is 16.5. The summed E-state index contributed by atoms with van der Waals surface area (Å²) in [4.78, 5) is 21.6. The van der Waals surface area contributed by atoms with Gasteiger partial charge in [-0.25, -0.2) is 20.2 Å². The molecule has 0 saturated heterocycles.